The Balaban J connectivity index is 1.53. The number of anilines is 2. The van der Waals surface area contributed by atoms with E-state index in [1.165, 1.54) is 0 Å². The average Bonchev–Trinajstić information content (AvgIpc) is 2.79. The number of likely N-dealkylation sites (tertiary alicyclic amines) is 1. The zero-order chi connectivity index (χ0) is 21.5. The molecule has 0 unspecified atom stereocenters. The standard InChI is InChI=1S/C23H29N3O4/c1-16(22(27)25-20-10-9-19(29-2)15-21(20)30-3)17-11-13-26(14-12-17)23(28)24-18-7-5-4-6-8-18/h4-10,15-17H,11-14H2,1-3H3,(H,24,28)(H,25,27)/t16-/m1/s1. The number of nitrogens with zero attached hydrogens (tertiary/aromatic N) is 1. The molecule has 3 amide bonds. The molecule has 0 aromatic heterocycles. The fourth-order valence-corrected chi connectivity index (χ4v) is 3.69. The van der Waals surface area contributed by atoms with Crippen molar-refractivity contribution in [3.63, 3.8) is 0 Å². The van der Waals surface area contributed by atoms with Gasteiger partial charge in [-0.2, -0.15) is 0 Å². The Hall–Kier alpha value is -3.22. The summed E-state index contributed by atoms with van der Waals surface area (Å²) in [6.45, 7) is 3.20. The van der Waals surface area contributed by atoms with Gasteiger partial charge in [-0.25, -0.2) is 4.79 Å². The first-order valence-corrected chi connectivity index (χ1v) is 10.2. The molecule has 7 heteroatoms. The average molecular weight is 412 g/mol. The van der Waals surface area contributed by atoms with Crippen LogP contribution in [0.4, 0.5) is 16.2 Å². The molecular weight excluding hydrogens is 382 g/mol. The van der Waals surface area contributed by atoms with Gasteiger partial charge in [-0.15, -0.1) is 0 Å². The van der Waals surface area contributed by atoms with Gasteiger partial charge in [0.05, 0.1) is 19.9 Å². The lowest BCUT2D eigenvalue weighted by atomic mass is 9.85. The molecule has 0 bridgehead atoms. The molecule has 0 radical (unpaired) electrons. The van der Waals surface area contributed by atoms with Crippen LogP contribution >= 0.6 is 0 Å². The maximum Gasteiger partial charge on any atom is 0.321 e. The lowest BCUT2D eigenvalue weighted by molar-refractivity contribution is -0.121. The van der Waals surface area contributed by atoms with Gasteiger partial charge in [0, 0.05) is 30.8 Å². The van der Waals surface area contributed by atoms with Crippen molar-refractivity contribution in [1.82, 2.24) is 4.90 Å². The molecule has 3 rings (SSSR count). The predicted octanol–water partition coefficient (Wildman–Crippen LogP) is 4.22. The zero-order valence-electron chi connectivity index (χ0n) is 17.7. The number of carbonyl (C=O) groups excluding carboxylic acids is 2. The summed E-state index contributed by atoms with van der Waals surface area (Å²) in [5.74, 6) is 1.22. The molecule has 1 atom stereocenters. The number of ether oxygens (including phenoxy) is 2. The molecule has 1 heterocycles. The van der Waals surface area contributed by atoms with E-state index in [1.54, 1.807) is 37.3 Å². The molecule has 0 spiro atoms. The van der Waals surface area contributed by atoms with E-state index >= 15 is 0 Å². The summed E-state index contributed by atoms with van der Waals surface area (Å²) in [6.07, 6.45) is 1.58. The van der Waals surface area contributed by atoms with Crippen LogP contribution < -0.4 is 20.1 Å². The highest BCUT2D eigenvalue weighted by molar-refractivity contribution is 5.94. The lowest BCUT2D eigenvalue weighted by Crippen LogP contribution is -2.43. The summed E-state index contributed by atoms with van der Waals surface area (Å²) >= 11 is 0. The van der Waals surface area contributed by atoms with Crippen LogP contribution in [-0.4, -0.2) is 44.1 Å². The minimum Gasteiger partial charge on any atom is -0.497 e. The van der Waals surface area contributed by atoms with E-state index in [0.717, 1.165) is 18.5 Å². The minimum atomic E-state index is -0.170. The molecule has 30 heavy (non-hydrogen) atoms. The molecule has 1 fully saturated rings. The number of piperidine rings is 1. The fourth-order valence-electron chi connectivity index (χ4n) is 3.69. The van der Waals surface area contributed by atoms with Crippen molar-refractivity contribution < 1.29 is 19.1 Å². The van der Waals surface area contributed by atoms with E-state index in [-0.39, 0.29) is 23.8 Å². The number of nitrogens with one attached hydrogen (secondary N) is 2. The van der Waals surface area contributed by atoms with Gasteiger partial charge in [-0.1, -0.05) is 25.1 Å². The van der Waals surface area contributed by atoms with Crippen LogP contribution in [0.3, 0.4) is 0 Å². The summed E-state index contributed by atoms with van der Waals surface area (Å²) in [5, 5.41) is 5.88. The van der Waals surface area contributed by atoms with Gasteiger partial charge in [0.25, 0.3) is 0 Å². The first-order chi connectivity index (χ1) is 14.5. The second-order valence-electron chi connectivity index (χ2n) is 7.46. The molecular formula is C23H29N3O4. The van der Waals surface area contributed by atoms with Gasteiger partial charge in [-0.05, 0) is 43.0 Å². The van der Waals surface area contributed by atoms with Crippen molar-refractivity contribution >= 4 is 23.3 Å². The third kappa shape index (κ3) is 5.23. The number of urea groups is 1. The summed E-state index contributed by atoms with van der Waals surface area (Å²) in [6, 6.07) is 14.6. The van der Waals surface area contributed by atoms with Gasteiger partial charge in [0.2, 0.25) is 5.91 Å². The molecule has 7 nitrogen and oxygen atoms in total. The van der Waals surface area contributed by atoms with Crippen LogP contribution in [0.2, 0.25) is 0 Å². The Labute approximate surface area is 177 Å². The second-order valence-corrected chi connectivity index (χ2v) is 7.46. The number of methoxy groups -OCH3 is 2. The smallest absolute Gasteiger partial charge is 0.321 e. The topological polar surface area (TPSA) is 79.9 Å². The van der Waals surface area contributed by atoms with Gasteiger partial charge in [0.15, 0.2) is 0 Å². The van der Waals surface area contributed by atoms with Crippen molar-refractivity contribution in [3.8, 4) is 11.5 Å². The Morgan fingerprint density at radius 3 is 2.33 bits per heavy atom. The summed E-state index contributed by atoms with van der Waals surface area (Å²) in [5.41, 5.74) is 1.40. The third-order valence-corrected chi connectivity index (χ3v) is 5.64. The van der Waals surface area contributed by atoms with Gasteiger partial charge >= 0.3 is 6.03 Å². The highest BCUT2D eigenvalue weighted by atomic mass is 16.5. The van der Waals surface area contributed by atoms with Crippen LogP contribution in [0.25, 0.3) is 0 Å². The van der Waals surface area contributed by atoms with Crippen molar-refractivity contribution in [1.29, 1.82) is 0 Å². The maximum atomic E-state index is 12.8. The Morgan fingerprint density at radius 2 is 1.70 bits per heavy atom. The molecule has 1 aliphatic heterocycles. The van der Waals surface area contributed by atoms with Crippen molar-refractivity contribution in [3.05, 3.63) is 48.5 Å². The lowest BCUT2D eigenvalue weighted by Gasteiger charge is -2.34. The third-order valence-electron chi connectivity index (χ3n) is 5.64. The normalized spacial score (nSPS) is 15.2. The number of para-hydroxylation sites is 1. The number of carbonyl (C=O) groups is 2. The van der Waals surface area contributed by atoms with Crippen LogP contribution in [0.5, 0.6) is 11.5 Å². The second kappa shape index (κ2) is 10.0. The summed E-state index contributed by atoms with van der Waals surface area (Å²) in [7, 11) is 3.14. The molecule has 1 saturated heterocycles. The highest BCUT2D eigenvalue weighted by Gasteiger charge is 2.30. The first kappa shape index (κ1) is 21.5. The van der Waals surface area contributed by atoms with E-state index in [0.29, 0.717) is 30.3 Å². The quantitative estimate of drug-likeness (QED) is 0.746. The predicted molar refractivity (Wildman–Crippen MR) is 117 cm³/mol. The van der Waals surface area contributed by atoms with Gasteiger partial charge < -0.3 is 25.0 Å². The van der Waals surface area contributed by atoms with Crippen LogP contribution in [0.15, 0.2) is 48.5 Å². The van der Waals surface area contributed by atoms with Crippen LogP contribution in [0, 0.1) is 11.8 Å². The van der Waals surface area contributed by atoms with Crippen molar-refractivity contribution in [2.24, 2.45) is 11.8 Å². The van der Waals surface area contributed by atoms with E-state index in [9.17, 15) is 9.59 Å². The molecule has 160 valence electrons. The Morgan fingerprint density at radius 1 is 1.00 bits per heavy atom. The highest BCUT2D eigenvalue weighted by Crippen LogP contribution is 2.31. The number of hydrogen-bond donors (Lipinski definition) is 2. The van der Waals surface area contributed by atoms with Gasteiger partial charge in [-0.3, -0.25) is 4.79 Å². The van der Waals surface area contributed by atoms with Crippen LogP contribution in [0.1, 0.15) is 19.8 Å². The Bertz CT molecular complexity index is 864. The first-order valence-electron chi connectivity index (χ1n) is 10.2. The van der Waals surface area contributed by atoms with E-state index in [4.69, 9.17) is 9.47 Å². The van der Waals surface area contributed by atoms with E-state index < -0.39 is 0 Å². The largest absolute Gasteiger partial charge is 0.497 e. The molecule has 1 aliphatic rings. The molecule has 0 aliphatic carbocycles. The summed E-state index contributed by atoms with van der Waals surface area (Å²) < 4.78 is 10.6. The number of rotatable bonds is 6. The maximum absolute atomic E-state index is 12.8. The van der Waals surface area contributed by atoms with Gasteiger partial charge in [0.1, 0.15) is 11.5 Å². The summed E-state index contributed by atoms with van der Waals surface area (Å²) in [4.78, 5) is 27.1. The number of hydrogen-bond acceptors (Lipinski definition) is 4. The van der Waals surface area contributed by atoms with E-state index in [2.05, 4.69) is 10.6 Å². The molecule has 2 N–H and O–H groups in total. The molecule has 2 aromatic carbocycles. The van der Waals surface area contributed by atoms with Crippen molar-refractivity contribution in [2.45, 2.75) is 19.8 Å². The van der Waals surface area contributed by atoms with E-state index in [1.807, 2.05) is 37.3 Å². The number of benzene rings is 2. The van der Waals surface area contributed by atoms with Crippen molar-refractivity contribution in [2.75, 3.05) is 37.9 Å². The SMILES string of the molecule is COc1ccc(NC(=O)[C@H](C)C2CCN(C(=O)Nc3ccccc3)CC2)c(OC)c1. The Kier molecular flexibility index (Phi) is 7.17. The minimum absolute atomic E-state index is 0.0503. The molecule has 2 aromatic rings. The molecule has 0 saturated carbocycles. The fraction of sp³-hybridized carbons (Fsp3) is 0.391. The zero-order valence-corrected chi connectivity index (χ0v) is 17.7. The number of amides is 3. The van der Waals surface area contributed by atoms with Crippen LogP contribution in [-0.2, 0) is 4.79 Å². The monoisotopic (exact) mass is 411 g/mol.